The quantitative estimate of drug-likeness (QED) is 0.628. The maximum atomic E-state index is 12.0. The van der Waals surface area contributed by atoms with Gasteiger partial charge in [-0.05, 0) is 32.1 Å². The van der Waals surface area contributed by atoms with Crippen LogP contribution in [0.2, 0.25) is 0 Å². The Bertz CT molecular complexity index is 740. The first-order valence-corrected chi connectivity index (χ1v) is 6.83. The number of allylic oxidation sites excluding steroid dienone is 1. The molecule has 6 nitrogen and oxygen atoms in total. The molecule has 0 unspecified atom stereocenters. The van der Waals surface area contributed by atoms with Crippen LogP contribution in [0.4, 0.5) is 0 Å². The zero-order valence-electron chi connectivity index (χ0n) is 12.5. The van der Waals surface area contributed by atoms with Gasteiger partial charge in [0.15, 0.2) is 17.1 Å². The molecular weight excluding hydrogens is 288 g/mol. The van der Waals surface area contributed by atoms with Gasteiger partial charge in [0.25, 0.3) is 0 Å². The molecule has 0 fully saturated rings. The van der Waals surface area contributed by atoms with Crippen molar-refractivity contribution in [1.29, 1.82) is 0 Å². The van der Waals surface area contributed by atoms with Gasteiger partial charge in [0.2, 0.25) is 5.75 Å². The minimum Gasteiger partial charge on any atom is -0.504 e. The fraction of sp³-hybridized carbons (Fsp3) is 0.312. The number of rotatable bonds is 6. The number of ether oxygens (including phenoxy) is 2. The number of aliphatic hydroxyl groups excluding tert-OH is 1. The van der Waals surface area contributed by atoms with Crippen LogP contribution in [0.3, 0.4) is 0 Å². The molecule has 0 aliphatic carbocycles. The topological polar surface area (TPSA) is 89.1 Å². The van der Waals surface area contributed by atoms with E-state index in [-0.39, 0.29) is 42.7 Å². The van der Waals surface area contributed by atoms with Crippen molar-refractivity contribution in [3.8, 4) is 17.2 Å². The highest BCUT2D eigenvalue weighted by Crippen LogP contribution is 2.35. The third-order valence-electron chi connectivity index (χ3n) is 2.90. The van der Waals surface area contributed by atoms with Crippen molar-refractivity contribution in [3.05, 3.63) is 40.3 Å². The van der Waals surface area contributed by atoms with Crippen LogP contribution >= 0.6 is 0 Å². The first-order chi connectivity index (χ1) is 10.5. The highest BCUT2D eigenvalue weighted by Gasteiger charge is 2.17. The second-order valence-corrected chi connectivity index (χ2v) is 4.86. The summed E-state index contributed by atoms with van der Waals surface area (Å²) in [6.45, 7) is 3.85. The Hall–Kier alpha value is -2.47. The van der Waals surface area contributed by atoms with Gasteiger partial charge in [-0.25, -0.2) is 4.79 Å². The van der Waals surface area contributed by atoms with Crippen LogP contribution in [0.25, 0.3) is 11.0 Å². The number of hydrogen-bond acceptors (Lipinski definition) is 6. The number of aliphatic hydroxyl groups is 1. The lowest BCUT2D eigenvalue weighted by Crippen LogP contribution is -2.08. The molecule has 0 radical (unpaired) electrons. The molecule has 1 aromatic carbocycles. The molecular formula is C16H18O6. The predicted octanol–water partition coefficient (Wildman–Crippen LogP) is 2.21. The molecule has 1 heterocycles. The Morgan fingerprint density at radius 2 is 2.09 bits per heavy atom. The van der Waals surface area contributed by atoms with E-state index in [1.54, 1.807) is 24.3 Å². The summed E-state index contributed by atoms with van der Waals surface area (Å²) >= 11 is 0. The standard InChI is InChI=1S/C16H18O6/c1-10(2)6-8-21-15-13(18)11-4-3-5-12(20-9-7-17)14(11)22-16(15)19/h3-6,17-18H,7-9H2,1-2H3. The van der Waals surface area contributed by atoms with Crippen molar-refractivity contribution in [2.75, 3.05) is 19.8 Å². The molecule has 0 saturated carbocycles. The van der Waals surface area contributed by atoms with Crippen LogP contribution < -0.4 is 15.1 Å². The van der Waals surface area contributed by atoms with E-state index in [1.165, 1.54) is 0 Å². The van der Waals surface area contributed by atoms with E-state index in [0.717, 1.165) is 5.57 Å². The summed E-state index contributed by atoms with van der Waals surface area (Å²) in [4.78, 5) is 12.0. The van der Waals surface area contributed by atoms with Gasteiger partial charge in [-0.2, -0.15) is 0 Å². The van der Waals surface area contributed by atoms with Gasteiger partial charge in [-0.3, -0.25) is 0 Å². The number of fused-ring (bicyclic) bond motifs is 1. The van der Waals surface area contributed by atoms with E-state index in [9.17, 15) is 9.90 Å². The van der Waals surface area contributed by atoms with Gasteiger partial charge in [0.05, 0.1) is 12.0 Å². The van der Waals surface area contributed by atoms with Crippen LogP contribution in [0.1, 0.15) is 13.8 Å². The summed E-state index contributed by atoms with van der Waals surface area (Å²) in [6.07, 6.45) is 1.78. The monoisotopic (exact) mass is 306 g/mol. The van der Waals surface area contributed by atoms with Crippen molar-refractivity contribution < 1.29 is 24.1 Å². The normalized spacial score (nSPS) is 10.5. The maximum absolute atomic E-state index is 12.0. The van der Waals surface area contributed by atoms with Crippen molar-refractivity contribution in [1.82, 2.24) is 0 Å². The third-order valence-corrected chi connectivity index (χ3v) is 2.90. The molecule has 0 saturated heterocycles. The number of para-hydroxylation sites is 1. The Morgan fingerprint density at radius 1 is 1.32 bits per heavy atom. The van der Waals surface area contributed by atoms with Crippen LogP contribution in [-0.2, 0) is 0 Å². The summed E-state index contributed by atoms with van der Waals surface area (Å²) in [5.41, 5.74) is 0.365. The summed E-state index contributed by atoms with van der Waals surface area (Å²) in [5.74, 6) is -0.248. The molecule has 6 heteroatoms. The van der Waals surface area contributed by atoms with Gasteiger partial charge in [0, 0.05) is 0 Å². The smallest absolute Gasteiger partial charge is 0.383 e. The van der Waals surface area contributed by atoms with Gasteiger partial charge in [0.1, 0.15) is 13.2 Å². The average molecular weight is 306 g/mol. The number of hydrogen-bond donors (Lipinski definition) is 2. The molecule has 0 atom stereocenters. The molecule has 0 aliphatic heterocycles. The third kappa shape index (κ3) is 3.40. The SMILES string of the molecule is CC(C)=CCOc1c(O)c2cccc(OCCO)c2oc1=O. The van der Waals surface area contributed by atoms with Crippen molar-refractivity contribution in [2.24, 2.45) is 0 Å². The highest BCUT2D eigenvalue weighted by molar-refractivity contribution is 5.89. The summed E-state index contributed by atoms with van der Waals surface area (Å²) < 4.78 is 15.8. The second kappa shape index (κ2) is 7.00. The largest absolute Gasteiger partial charge is 0.504 e. The Morgan fingerprint density at radius 3 is 2.77 bits per heavy atom. The Kier molecular flexibility index (Phi) is 5.06. The molecule has 0 spiro atoms. The van der Waals surface area contributed by atoms with E-state index in [1.807, 2.05) is 13.8 Å². The van der Waals surface area contributed by atoms with E-state index in [2.05, 4.69) is 0 Å². The van der Waals surface area contributed by atoms with Crippen molar-refractivity contribution in [2.45, 2.75) is 13.8 Å². The fourth-order valence-corrected chi connectivity index (χ4v) is 1.85. The molecule has 118 valence electrons. The Labute approximate surface area is 127 Å². The molecule has 2 aromatic rings. The van der Waals surface area contributed by atoms with E-state index >= 15 is 0 Å². The molecule has 2 rings (SSSR count). The fourth-order valence-electron chi connectivity index (χ4n) is 1.85. The lowest BCUT2D eigenvalue weighted by molar-refractivity contribution is 0.201. The van der Waals surface area contributed by atoms with Crippen LogP contribution in [0.15, 0.2) is 39.1 Å². The highest BCUT2D eigenvalue weighted by atomic mass is 16.5. The van der Waals surface area contributed by atoms with Gasteiger partial charge >= 0.3 is 5.63 Å². The van der Waals surface area contributed by atoms with Crippen molar-refractivity contribution in [3.63, 3.8) is 0 Å². The molecule has 0 aliphatic rings. The molecule has 0 amide bonds. The first kappa shape index (κ1) is 15.9. The van der Waals surface area contributed by atoms with Crippen LogP contribution in [-0.4, -0.2) is 30.0 Å². The van der Waals surface area contributed by atoms with Crippen molar-refractivity contribution >= 4 is 11.0 Å². The van der Waals surface area contributed by atoms with Gasteiger partial charge in [-0.1, -0.05) is 11.6 Å². The minimum absolute atomic E-state index is 0.0579. The van der Waals surface area contributed by atoms with Crippen LogP contribution in [0, 0.1) is 0 Å². The van der Waals surface area contributed by atoms with Crippen LogP contribution in [0.5, 0.6) is 17.2 Å². The van der Waals surface area contributed by atoms with Gasteiger partial charge < -0.3 is 24.1 Å². The van der Waals surface area contributed by atoms with E-state index < -0.39 is 5.63 Å². The lowest BCUT2D eigenvalue weighted by atomic mass is 10.2. The van der Waals surface area contributed by atoms with E-state index in [4.69, 9.17) is 19.0 Å². The summed E-state index contributed by atoms with van der Waals surface area (Å²) in [7, 11) is 0. The average Bonchev–Trinajstić information content (AvgIpc) is 2.48. The summed E-state index contributed by atoms with van der Waals surface area (Å²) in [5, 5.41) is 19.3. The predicted molar refractivity (Wildman–Crippen MR) is 81.7 cm³/mol. The number of benzene rings is 1. The van der Waals surface area contributed by atoms with Gasteiger partial charge in [-0.15, -0.1) is 0 Å². The zero-order valence-corrected chi connectivity index (χ0v) is 12.5. The first-order valence-electron chi connectivity index (χ1n) is 6.83. The number of aromatic hydroxyl groups is 1. The lowest BCUT2D eigenvalue weighted by Gasteiger charge is -2.10. The molecule has 1 aromatic heterocycles. The zero-order chi connectivity index (χ0) is 16.1. The minimum atomic E-state index is -0.785. The second-order valence-electron chi connectivity index (χ2n) is 4.86. The summed E-state index contributed by atoms with van der Waals surface area (Å²) in [6, 6.07) is 4.83. The molecule has 0 bridgehead atoms. The maximum Gasteiger partial charge on any atom is 0.383 e. The van der Waals surface area contributed by atoms with E-state index in [0.29, 0.717) is 5.39 Å². The Balaban J connectivity index is 2.45. The molecule has 22 heavy (non-hydrogen) atoms. The molecule has 2 N–H and O–H groups in total.